The number of hydrogen-bond acceptors (Lipinski definition) is 2. The largest absolute Gasteiger partial charge is 0.295 e. The number of nitrogens with two attached hydrogens (primary N) is 1. The first-order valence-electron chi connectivity index (χ1n) is 1.24. The molecule has 0 saturated heterocycles. The van der Waals surface area contributed by atoms with E-state index in [-0.39, 0.29) is 30.7 Å². The van der Waals surface area contributed by atoms with Crippen LogP contribution in [0.5, 0.6) is 0 Å². The molecule has 3 N–H and O–H groups in total. The molecule has 0 aliphatic heterocycles. The molecule has 0 aliphatic rings. The van der Waals surface area contributed by atoms with Gasteiger partial charge < -0.3 is 0 Å². The van der Waals surface area contributed by atoms with Crippen LogP contribution in [0.2, 0.25) is 0 Å². The lowest BCUT2D eigenvalue weighted by Crippen LogP contribution is -2.26. The maximum absolute atomic E-state index is 9.58. The van der Waals surface area contributed by atoms with Gasteiger partial charge in [-0.15, -0.1) is 24.8 Å². The highest BCUT2D eigenvalue weighted by Gasteiger charge is 1.73. The Balaban J connectivity index is -0.0000000800. The molecule has 0 spiro atoms. The first-order chi connectivity index (χ1) is 2.27. The number of carbonyl (C=O) groups excluding carboxylic acids is 1. The van der Waals surface area contributed by atoms with E-state index in [1.165, 1.54) is 6.92 Å². The predicted molar refractivity (Wildman–Crippen MR) is 32.5 cm³/mol. The van der Waals surface area contributed by atoms with Crippen molar-refractivity contribution >= 4 is 30.7 Å². The Morgan fingerprint density at radius 1 is 1.57 bits per heavy atom. The van der Waals surface area contributed by atoms with Crippen LogP contribution < -0.4 is 11.3 Å². The monoisotopic (exact) mass is 146 g/mol. The van der Waals surface area contributed by atoms with Crippen molar-refractivity contribution in [2.75, 3.05) is 0 Å². The Morgan fingerprint density at radius 3 is 1.71 bits per heavy atom. The number of rotatable bonds is 0. The summed E-state index contributed by atoms with van der Waals surface area (Å²) in [6.07, 6.45) is 0. The zero-order valence-corrected chi connectivity index (χ0v) is 5.44. The summed E-state index contributed by atoms with van der Waals surface area (Å²) < 4.78 is 0. The van der Waals surface area contributed by atoms with E-state index in [2.05, 4.69) is 5.84 Å². The fourth-order valence-corrected chi connectivity index (χ4v) is 0. The molecule has 7 heavy (non-hydrogen) atoms. The van der Waals surface area contributed by atoms with Crippen molar-refractivity contribution in [3.05, 3.63) is 0 Å². The van der Waals surface area contributed by atoms with Crippen LogP contribution in [0.25, 0.3) is 0 Å². The number of hydrazine groups is 1. The Morgan fingerprint density at radius 2 is 1.71 bits per heavy atom. The molecule has 3 nitrogen and oxygen atoms in total. The summed E-state index contributed by atoms with van der Waals surface area (Å²) in [4.78, 5) is 9.58. The van der Waals surface area contributed by atoms with Gasteiger partial charge in [0, 0.05) is 6.92 Å². The highest BCUT2D eigenvalue weighted by atomic mass is 35.5. The van der Waals surface area contributed by atoms with Crippen molar-refractivity contribution in [2.24, 2.45) is 5.84 Å². The van der Waals surface area contributed by atoms with Crippen molar-refractivity contribution < 1.29 is 4.79 Å². The molecule has 0 fully saturated rings. The molecule has 0 saturated carbocycles. The number of halogens is 2. The minimum Gasteiger partial charge on any atom is -0.295 e. The zero-order valence-electron chi connectivity index (χ0n) is 3.80. The van der Waals surface area contributed by atoms with E-state index < -0.39 is 0 Å². The summed E-state index contributed by atoms with van der Waals surface area (Å²) in [5.74, 6) is 4.35. The number of carbonyl (C=O) groups is 1. The summed E-state index contributed by atoms with van der Waals surface area (Å²) >= 11 is 0. The summed E-state index contributed by atoms with van der Waals surface area (Å²) in [6.45, 7) is 1.35. The molecule has 1 amide bonds. The lowest BCUT2D eigenvalue weighted by Gasteiger charge is -1.80. The quantitative estimate of drug-likeness (QED) is 0.284. The summed E-state index contributed by atoms with van der Waals surface area (Å²) in [7, 11) is 0. The van der Waals surface area contributed by atoms with Gasteiger partial charge in [0.05, 0.1) is 0 Å². The maximum Gasteiger partial charge on any atom is 0.230 e. The average Bonchev–Trinajstić information content (AvgIpc) is 1.38. The second kappa shape index (κ2) is 9.38. The maximum atomic E-state index is 9.58. The van der Waals surface area contributed by atoms with E-state index >= 15 is 0 Å². The van der Waals surface area contributed by atoms with Crippen LogP contribution in [-0.4, -0.2) is 5.91 Å². The molecule has 0 aromatic rings. The SMILES string of the molecule is CC(=O)NN.Cl.Cl. The van der Waals surface area contributed by atoms with E-state index in [0.717, 1.165) is 0 Å². The van der Waals surface area contributed by atoms with E-state index in [1.54, 1.807) is 0 Å². The Hall–Kier alpha value is 0.01000. The molecule has 46 valence electrons. The smallest absolute Gasteiger partial charge is 0.230 e. The molecular weight excluding hydrogens is 139 g/mol. The van der Waals surface area contributed by atoms with Gasteiger partial charge in [0.25, 0.3) is 0 Å². The fraction of sp³-hybridized carbons (Fsp3) is 0.500. The summed E-state index contributed by atoms with van der Waals surface area (Å²) in [5.41, 5.74) is 1.89. The molecule has 0 heterocycles. The third-order valence-electron chi connectivity index (χ3n) is 0.203. The van der Waals surface area contributed by atoms with Crippen LogP contribution in [-0.2, 0) is 4.79 Å². The highest BCUT2D eigenvalue weighted by molar-refractivity contribution is 5.85. The van der Waals surface area contributed by atoms with Gasteiger partial charge >= 0.3 is 0 Å². The van der Waals surface area contributed by atoms with Gasteiger partial charge in [-0.3, -0.25) is 10.2 Å². The normalized spacial score (nSPS) is 4.86. The second-order valence-electron chi connectivity index (χ2n) is 0.701. The van der Waals surface area contributed by atoms with Crippen LogP contribution in [0, 0.1) is 0 Å². The van der Waals surface area contributed by atoms with Gasteiger partial charge in [0.2, 0.25) is 5.91 Å². The van der Waals surface area contributed by atoms with Crippen molar-refractivity contribution in [2.45, 2.75) is 6.92 Å². The van der Waals surface area contributed by atoms with Gasteiger partial charge in [-0.2, -0.15) is 0 Å². The van der Waals surface area contributed by atoms with Crippen LogP contribution in [0.4, 0.5) is 0 Å². The predicted octanol–water partition coefficient (Wildman–Crippen LogP) is -0.160. The minimum absolute atomic E-state index is 0. The molecule has 0 aromatic carbocycles. The molecule has 0 aromatic heterocycles. The Labute approximate surface area is 54.4 Å². The molecule has 0 bridgehead atoms. The topological polar surface area (TPSA) is 55.1 Å². The van der Waals surface area contributed by atoms with Crippen molar-refractivity contribution in [3.63, 3.8) is 0 Å². The molecule has 0 aliphatic carbocycles. The first kappa shape index (κ1) is 15.7. The van der Waals surface area contributed by atoms with Crippen LogP contribution in [0.1, 0.15) is 6.92 Å². The minimum atomic E-state index is -0.218. The van der Waals surface area contributed by atoms with Gasteiger partial charge in [0.15, 0.2) is 0 Å². The summed E-state index contributed by atoms with van der Waals surface area (Å²) in [5, 5.41) is 0. The van der Waals surface area contributed by atoms with Gasteiger partial charge in [-0.25, -0.2) is 5.84 Å². The third-order valence-corrected chi connectivity index (χ3v) is 0.203. The lowest BCUT2D eigenvalue weighted by atomic mass is 10.8. The standard InChI is InChI=1S/C2H6N2O.2ClH/c1-2(5)4-3;;/h3H2,1H3,(H,4,5);2*1H. The molecule has 0 rings (SSSR count). The first-order valence-corrected chi connectivity index (χ1v) is 1.24. The van der Waals surface area contributed by atoms with E-state index in [0.29, 0.717) is 0 Å². The highest BCUT2D eigenvalue weighted by Crippen LogP contribution is 1.41. The van der Waals surface area contributed by atoms with Crippen molar-refractivity contribution in [3.8, 4) is 0 Å². The van der Waals surface area contributed by atoms with Crippen molar-refractivity contribution in [1.29, 1.82) is 0 Å². The van der Waals surface area contributed by atoms with Crippen LogP contribution in [0.3, 0.4) is 0 Å². The van der Waals surface area contributed by atoms with Crippen LogP contribution in [0.15, 0.2) is 0 Å². The fourth-order valence-electron chi connectivity index (χ4n) is 0. The number of hydrogen-bond donors (Lipinski definition) is 2. The molecule has 0 unspecified atom stereocenters. The van der Waals surface area contributed by atoms with Gasteiger partial charge in [-0.1, -0.05) is 0 Å². The van der Waals surface area contributed by atoms with E-state index in [4.69, 9.17) is 0 Å². The zero-order chi connectivity index (χ0) is 4.28. The van der Waals surface area contributed by atoms with Crippen molar-refractivity contribution in [1.82, 2.24) is 5.43 Å². The lowest BCUT2D eigenvalue weighted by molar-refractivity contribution is -0.119. The molecule has 5 heteroatoms. The Bertz CT molecular complexity index is 49.0. The second-order valence-corrected chi connectivity index (χ2v) is 0.701. The number of amides is 1. The van der Waals surface area contributed by atoms with Crippen LogP contribution >= 0.6 is 24.8 Å². The Kier molecular flexibility index (Phi) is 21.1. The summed E-state index contributed by atoms with van der Waals surface area (Å²) in [6, 6.07) is 0. The molecular formula is C2H8Cl2N2O. The van der Waals surface area contributed by atoms with E-state index in [9.17, 15) is 4.79 Å². The average molecular weight is 147 g/mol. The van der Waals surface area contributed by atoms with Gasteiger partial charge in [0.1, 0.15) is 0 Å². The third kappa shape index (κ3) is 23.9. The number of nitrogens with one attached hydrogen (secondary N) is 1. The molecule has 0 radical (unpaired) electrons. The molecule has 0 atom stereocenters. The van der Waals surface area contributed by atoms with E-state index in [1.807, 2.05) is 5.43 Å². The van der Waals surface area contributed by atoms with Gasteiger partial charge in [-0.05, 0) is 0 Å².